The third kappa shape index (κ3) is 3.23. The second kappa shape index (κ2) is 7.90. The normalized spacial score (nSPS) is 24.1. The maximum Gasteiger partial charge on any atom is 0.270 e. The van der Waals surface area contributed by atoms with Gasteiger partial charge >= 0.3 is 0 Å². The number of fused-ring (bicyclic) bond motifs is 1. The van der Waals surface area contributed by atoms with E-state index in [-0.39, 0.29) is 11.3 Å². The van der Waals surface area contributed by atoms with Crippen LogP contribution in [-0.2, 0) is 11.8 Å². The number of hydrogen-bond donors (Lipinski definition) is 1. The van der Waals surface area contributed by atoms with E-state index in [1.807, 2.05) is 0 Å². The third-order valence-electron chi connectivity index (χ3n) is 7.50. The molecule has 1 N–H and O–H groups in total. The van der Waals surface area contributed by atoms with E-state index >= 15 is 0 Å². The zero-order chi connectivity index (χ0) is 20.6. The van der Waals surface area contributed by atoms with Gasteiger partial charge in [0.2, 0.25) is 0 Å². The Balaban J connectivity index is 1.60. The lowest BCUT2D eigenvalue weighted by molar-refractivity contribution is 0.0949. The number of nitrogens with zero attached hydrogens (tertiary/aromatic N) is 2. The van der Waals surface area contributed by atoms with Crippen molar-refractivity contribution in [3.05, 3.63) is 65.9 Å². The lowest BCUT2D eigenvalue weighted by Gasteiger charge is -2.43. The monoisotopic (exact) mass is 401 g/mol. The molecular formula is C26H31N3O. The molecule has 0 saturated heterocycles. The fourth-order valence-corrected chi connectivity index (χ4v) is 5.58. The van der Waals surface area contributed by atoms with Crippen LogP contribution in [0.2, 0.25) is 0 Å². The van der Waals surface area contributed by atoms with Crippen LogP contribution in [0, 0.1) is 5.92 Å². The maximum absolute atomic E-state index is 12.7. The molecular weight excluding hydrogens is 370 g/mol. The Morgan fingerprint density at radius 1 is 1.10 bits per heavy atom. The van der Waals surface area contributed by atoms with Gasteiger partial charge in [-0.2, -0.15) is 4.68 Å². The molecule has 0 spiro atoms. The molecule has 0 aliphatic heterocycles. The van der Waals surface area contributed by atoms with Crippen LogP contribution in [-0.4, -0.2) is 21.7 Å². The average molecular weight is 402 g/mol. The molecule has 1 heterocycles. The summed E-state index contributed by atoms with van der Waals surface area (Å²) in [6.07, 6.45) is 16.9. The first-order valence-electron chi connectivity index (χ1n) is 11.5. The Hall–Kier alpha value is -2.62. The van der Waals surface area contributed by atoms with E-state index in [2.05, 4.69) is 54.4 Å². The van der Waals surface area contributed by atoms with Crippen molar-refractivity contribution in [3.8, 4) is 0 Å². The Morgan fingerprint density at radius 2 is 1.87 bits per heavy atom. The summed E-state index contributed by atoms with van der Waals surface area (Å²) in [6, 6.07) is 11.4. The highest BCUT2D eigenvalue weighted by molar-refractivity contribution is 5.91. The van der Waals surface area contributed by atoms with Crippen LogP contribution in [0.1, 0.15) is 73.0 Å². The molecule has 3 aliphatic carbocycles. The van der Waals surface area contributed by atoms with E-state index in [0.717, 1.165) is 23.5 Å². The van der Waals surface area contributed by atoms with Gasteiger partial charge in [-0.25, -0.2) is 0 Å². The maximum atomic E-state index is 12.7. The number of benzene rings is 1. The predicted octanol–water partition coefficient (Wildman–Crippen LogP) is 5.76. The number of anilines is 1. The van der Waals surface area contributed by atoms with Crippen molar-refractivity contribution in [2.24, 2.45) is 5.92 Å². The molecule has 1 unspecified atom stereocenters. The van der Waals surface area contributed by atoms with Gasteiger partial charge in [0.15, 0.2) is 5.82 Å². The number of carbonyl (C=O) groups is 1. The zero-order valence-corrected chi connectivity index (χ0v) is 17.6. The number of carbonyl (C=O) groups excluding carboxylic acids is 1. The van der Waals surface area contributed by atoms with Gasteiger partial charge < -0.3 is 5.32 Å². The smallest absolute Gasteiger partial charge is 0.270 e. The van der Waals surface area contributed by atoms with Gasteiger partial charge in [-0.05, 0) is 49.7 Å². The van der Waals surface area contributed by atoms with E-state index < -0.39 is 0 Å². The third-order valence-corrected chi connectivity index (χ3v) is 7.50. The second-order valence-corrected chi connectivity index (χ2v) is 9.19. The first-order valence-corrected chi connectivity index (χ1v) is 11.5. The van der Waals surface area contributed by atoms with E-state index in [9.17, 15) is 4.79 Å². The Labute approximate surface area is 179 Å². The van der Waals surface area contributed by atoms with Crippen LogP contribution in [0.4, 0.5) is 5.82 Å². The largest absolute Gasteiger partial charge is 0.365 e. The minimum Gasteiger partial charge on any atom is -0.365 e. The molecule has 1 atom stereocenters. The number of rotatable bonds is 5. The van der Waals surface area contributed by atoms with Crippen LogP contribution in [0.3, 0.4) is 0 Å². The Kier molecular flexibility index (Phi) is 5.10. The molecule has 2 saturated carbocycles. The minimum absolute atomic E-state index is 0.0817. The molecule has 30 heavy (non-hydrogen) atoms. The van der Waals surface area contributed by atoms with Crippen molar-refractivity contribution in [1.29, 1.82) is 0 Å². The molecule has 3 aliphatic rings. The number of allylic oxidation sites excluding steroid dienone is 2. The van der Waals surface area contributed by atoms with Crippen molar-refractivity contribution >= 4 is 17.8 Å². The van der Waals surface area contributed by atoms with Crippen LogP contribution >= 0.6 is 0 Å². The molecule has 0 amide bonds. The molecule has 156 valence electrons. The lowest BCUT2D eigenvalue weighted by atomic mass is 9.61. The molecule has 4 nitrogen and oxygen atoms in total. The topological polar surface area (TPSA) is 46.9 Å². The molecule has 4 heteroatoms. The summed E-state index contributed by atoms with van der Waals surface area (Å²) >= 11 is 0. The van der Waals surface area contributed by atoms with Crippen molar-refractivity contribution in [3.63, 3.8) is 0 Å². The van der Waals surface area contributed by atoms with Gasteiger partial charge in [0.25, 0.3) is 5.91 Å². The van der Waals surface area contributed by atoms with Crippen molar-refractivity contribution in [2.45, 2.75) is 69.2 Å². The molecule has 1 aromatic heterocycles. The first kappa shape index (κ1) is 19.3. The molecule has 2 aromatic rings. The summed E-state index contributed by atoms with van der Waals surface area (Å²) in [4.78, 5) is 12.7. The van der Waals surface area contributed by atoms with Crippen molar-refractivity contribution in [2.75, 3.05) is 5.32 Å². The predicted molar refractivity (Wildman–Crippen MR) is 122 cm³/mol. The molecule has 0 bridgehead atoms. The van der Waals surface area contributed by atoms with Crippen LogP contribution in [0.25, 0.3) is 6.08 Å². The SMILES string of the molecule is C=CC(=O)n1nc(NC2CCC2)c2c1CC(c1ccccc1)(C1CCCCC1)C=C2. The van der Waals surface area contributed by atoms with Crippen LogP contribution in [0.15, 0.2) is 49.1 Å². The van der Waals surface area contributed by atoms with Gasteiger partial charge in [0, 0.05) is 23.4 Å². The summed E-state index contributed by atoms with van der Waals surface area (Å²) < 4.78 is 1.60. The number of aromatic nitrogens is 2. The molecule has 2 fully saturated rings. The summed E-state index contributed by atoms with van der Waals surface area (Å²) in [5.41, 5.74) is 3.38. The van der Waals surface area contributed by atoms with Crippen LogP contribution < -0.4 is 5.32 Å². The van der Waals surface area contributed by atoms with Gasteiger partial charge in [-0.1, -0.05) is 68.3 Å². The van der Waals surface area contributed by atoms with Gasteiger partial charge in [0.1, 0.15) is 0 Å². The average Bonchev–Trinajstić information content (AvgIpc) is 3.14. The fraction of sp³-hybridized carbons (Fsp3) is 0.462. The van der Waals surface area contributed by atoms with Crippen molar-refractivity contribution < 1.29 is 4.79 Å². The Morgan fingerprint density at radius 3 is 2.53 bits per heavy atom. The lowest BCUT2D eigenvalue weighted by Crippen LogP contribution is -2.39. The Bertz CT molecular complexity index is 964. The van der Waals surface area contributed by atoms with Gasteiger partial charge in [0.05, 0.1) is 5.69 Å². The van der Waals surface area contributed by atoms with Crippen molar-refractivity contribution in [1.82, 2.24) is 9.78 Å². The van der Waals surface area contributed by atoms with Crippen LogP contribution in [0.5, 0.6) is 0 Å². The fourth-order valence-electron chi connectivity index (χ4n) is 5.58. The minimum atomic E-state index is -0.145. The van der Waals surface area contributed by atoms with E-state index in [1.54, 1.807) is 4.68 Å². The molecule has 5 rings (SSSR count). The van der Waals surface area contributed by atoms with E-state index in [1.165, 1.54) is 63.0 Å². The highest BCUT2D eigenvalue weighted by Gasteiger charge is 2.43. The quantitative estimate of drug-likeness (QED) is 0.648. The number of nitrogens with one attached hydrogen (secondary N) is 1. The summed E-state index contributed by atoms with van der Waals surface area (Å²) in [6.45, 7) is 3.72. The summed E-state index contributed by atoms with van der Waals surface area (Å²) in [7, 11) is 0. The summed E-state index contributed by atoms with van der Waals surface area (Å²) in [5.74, 6) is 1.29. The zero-order valence-electron chi connectivity index (χ0n) is 17.6. The second-order valence-electron chi connectivity index (χ2n) is 9.19. The number of hydrogen-bond acceptors (Lipinski definition) is 3. The van der Waals surface area contributed by atoms with Gasteiger partial charge in [-0.3, -0.25) is 4.79 Å². The standard InChI is InChI=1S/C26H31N3O/c1-2-24(30)29-23-18-26(19-10-5-3-6-11-19,20-12-7-4-8-13-20)17-16-22(23)25(28-29)27-21-14-9-15-21/h2-3,5-6,10-11,16-17,20-21H,1,4,7-9,12-15,18H2,(H,27,28). The first-order chi connectivity index (χ1) is 14.7. The van der Waals surface area contributed by atoms with Gasteiger partial charge in [-0.15, -0.1) is 5.10 Å². The highest BCUT2D eigenvalue weighted by Crippen LogP contribution is 2.48. The van der Waals surface area contributed by atoms with E-state index in [0.29, 0.717) is 12.0 Å². The molecule has 0 radical (unpaired) electrons. The molecule has 1 aromatic carbocycles. The summed E-state index contributed by atoms with van der Waals surface area (Å²) in [5, 5.41) is 8.31. The van der Waals surface area contributed by atoms with E-state index in [4.69, 9.17) is 5.10 Å². The highest BCUT2D eigenvalue weighted by atomic mass is 16.2.